The Morgan fingerprint density at radius 3 is 1.30 bits per heavy atom. The van der Waals surface area contributed by atoms with Gasteiger partial charge in [-0.1, -0.05) is 0 Å². The monoisotopic (exact) mass is 2050 g/mol. The van der Waals surface area contributed by atoms with Crippen molar-refractivity contribution in [2.45, 2.75) is 331 Å². The first-order valence-corrected chi connectivity index (χ1v) is 45.6. The van der Waals surface area contributed by atoms with E-state index >= 15 is 0 Å². The number of hydrogen-bond acceptors (Lipinski definition) is 58. The summed E-state index contributed by atoms with van der Waals surface area (Å²) in [6.07, 6.45) is -118. The average molecular weight is 2050 g/mol. The number of carboxylic acid groups (broad SMARTS) is 2. The van der Waals surface area contributed by atoms with Crippen molar-refractivity contribution in [3.8, 4) is 0 Å². The number of rotatable bonds is 40. The van der Waals surface area contributed by atoms with Crippen molar-refractivity contribution in [1.82, 2.24) is 0 Å². The number of aliphatic hydroxyl groups excluding tert-OH is 27. The van der Waals surface area contributed by atoms with E-state index in [1.54, 1.807) is 0 Å². The number of aliphatic hydroxyl groups is 27. The van der Waals surface area contributed by atoms with Gasteiger partial charge >= 0.3 is 35.4 Å². The van der Waals surface area contributed by atoms with Crippen LogP contribution in [0.2, 0.25) is 0 Å². The highest BCUT2D eigenvalue weighted by Crippen LogP contribution is 2.52. The molecule has 66 nitrogen and oxygen atoms in total. The van der Waals surface area contributed by atoms with E-state index in [1.165, 1.54) is 0 Å². The summed E-state index contributed by atoms with van der Waals surface area (Å²) in [6.45, 7) is -14.1. The van der Waals surface area contributed by atoms with Gasteiger partial charge in [-0.25, -0.2) is 23.3 Å². The minimum absolute atomic E-state index is 1.01. The number of aliphatic carboxylic acids is 2. The zero-order chi connectivity index (χ0) is 101. The van der Waals surface area contributed by atoms with Crippen LogP contribution in [0.25, 0.3) is 0 Å². The quantitative estimate of drug-likeness (QED) is 0.0253. The fourth-order valence-corrected chi connectivity index (χ4v) is 18.3. The lowest BCUT2D eigenvalue weighted by atomic mass is 9.89. The van der Waals surface area contributed by atoms with Gasteiger partial charge in [-0.3, -0.25) is 13.6 Å². The molecule has 135 heavy (non-hydrogen) atoms. The summed E-state index contributed by atoms with van der Waals surface area (Å²) in [4.78, 5) is 91.7. The largest absolute Gasteiger partial charge is 0.477 e. The minimum Gasteiger partial charge on any atom is -0.477 e. The molecule has 10 fully saturated rings. The molecule has 69 heteroatoms. The number of hydrogen-bond donors (Lipinski definition) is 39. The molecule has 10 heterocycles. The maximum Gasteiger partial charge on any atom is 0.470 e. The van der Waals surface area contributed by atoms with Crippen molar-refractivity contribution >= 4 is 35.4 Å². The molecule has 0 spiro atoms. The predicted molar refractivity (Wildman–Crippen MR) is 405 cm³/mol. The molecule has 0 bridgehead atoms. The third kappa shape index (κ3) is 25.7. The number of carboxylic acids is 2. The minimum atomic E-state index is -6.65. The molecule has 0 aromatic rings. The number of phosphoric acid groups is 3. The highest BCUT2D eigenvalue weighted by atomic mass is 31.2. The first kappa shape index (κ1) is 114. The Kier molecular flexibility index (Phi) is 39.9. The summed E-state index contributed by atoms with van der Waals surface area (Å²) in [5.41, 5.74) is 24.9. The van der Waals surface area contributed by atoms with Crippen molar-refractivity contribution in [3.63, 3.8) is 0 Å². The van der Waals surface area contributed by atoms with Crippen LogP contribution < -0.4 is 22.9 Å². The number of carbonyl (C=O) groups is 2. The molecule has 10 aliphatic rings. The summed E-state index contributed by atoms with van der Waals surface area (Å²) < 4.78 is 166. The highest BCUT2D eigenvalue weighted by molar-refractivity contribution is 7.46. The molecule has 43 N–H and O–H groups in total. The molecular weight excluding hydrogens is 1930 g/mol. The van der Waals surface area contributed by atoms with Crippen LogP contribution >= 0.6 is 23.5 Å². The van der Waals surface area contributed by atoms with Crippen LogP contribution in [0.3, 0.4) is 0 Å². The molecule has 10 aliphatic heterocycles. The highest BCUT2D eigenvalue weighted by Gasteiger charge is 2.67. The van der Waals surface area contributed by atoms with Gasteiger partial charge in [0.2, 0.25) is 0 Å². The summed E-state index contributed by atoms with van der Waals surface area (Å²) in [6, 6.07) is -7.90. The molecule has 0 aromatic heterocycles. The van der Waals surface area contributed by atoms with Crippen molar-refractivity contribution in [2.24, 2.45) is 22.9 Å². The van der Waals surface area contributed by atoms with E-state index in [0.29, 0.717) is 0 Å². The van der Waals surface area contributed by atoms with E-state index in [0.717, 1.165) is 0 Å². The third-order valence-electron chi connectivity index (χ3n) is 23.8. The molecule has 0 saturated carbocycles. The second-order valence-electron chi connectivity index (χ2n) is 33.0. The zero-order valence-corrected chi connectivity index (χ0v) is 72.4. The number of ether oxygens (including phenoxy) is 19. The molecule has 10 saturated heterocycles. The fraction of sp³-hybridized carbons (Fsp3) is 0.970. The van der Waals surface area contributed by atoms with Gasteiger partial charge in [0.15, 0.2) is 50.3 Å². The molecule has 0 amide bonds. The van der Waals surface area contributed by atoms with E-state index < -0.39 is 432 Å². The molecule has 0 unspecified atom stereocenters. The third-order valence-corrected chi connectivity index (χ3v) is 25.3. The predicted octanol–water partition coefficient (Wildman–Crippen LogP) is -24.2. The maximum atomic E-state index is 14.3. The Bertz CT molecular complexity index is 3880. The fourth-order valence-electron chi connectivity index (χ4n) is 16.6. The lowest BCUT2D eigenvalue weighted by Gasteiger charge is -2.53. The number of phosphoric ester groups is 3. The Hall–Kier alpha value is -2.73. The lowest BCUT2D eigenvalue weighted by molar-refractivity contribution is -0.408. The van der Waals surface area contributed by atoms with Crippen LogP contribution in [0.5, 0.6) is 0 Å². The van der Waals surface area contributed by atoms with Gasteiger partial charge in [0.05, 0.1) is 102 Å². The van der Waals surface area contributed by atoms with Crippen molar-refractivity contribution in [2.75, 3.05) is 66.1 Å². The van der Waals surface area contributed by atoms with Gasteiger partial charge in [0, 0.05) is 12.8 Å². The van der Waals surface area contributed by atoms with Gasteiger partial charge in [-0.05, 0) is 0 Å². The van der Waals surface area contributed by atoms with Crippen LogP contribution in [0, 0.1) is 0 Å². The Morgan fingerprint density at radius 2 is 0.741 bits per heavy atom. The molecule has 0 aromatic carbocycles. The average Bonchev–Trinajstić information content (AvgIpc) is 0.737. The van der Waals surface area contributed by atoms with E-state index in [9.17, 15) is 201 Å². The summed E-state index contributed by atoms with van der Waals surface area (Å²) in [7, 11) is -19.1. The van der Waals surface area contributed by atoms with E-state index in [-0.39, 0.29) is 0 Å². The number of nitrogens with two attached hydrogens (primary N) is 4. The van der Waals surface area contributed by atoms with Gasteiger partial charge in [0.25, 0.3) is 11.6 Å². The first-order chi connectivity index (χ1) is 63.0. The molecule has 0 radical (unpaired) electrons. The molecular formula is C66H117N4O62P3. The SMILES string of the molecule is N[C@@H]1[C@@H](O)[C@H](O)[C@@H](CO[C@@H]2O[C@H](CO[C@]3(C(=O)O)C[C@@H](O[C@]4(C(=O)O)C[C@@H](O)[C@@H](O)[C@@H]([C@H](O)CO)O4)[C@@H](O[C@H]4O[C@H]([C@@H](O)CO)[C@@H](OP(=O)(O)O)[C@H](O[C@H]5O[C@H]([C@@H](O)CO)[C@@H](O)[C@H](O[C@H]6O[C@H](CO)[C@H](O[C@H]7O[C@H](CO)[C@@H](O)[C@@H](O)[C@H]7O)[C@H](O[C@@H]7O[C@H](CO)[C@@H](O)[C@H](O)[C@H]7O[C@@H]7O[C@H](CO)[C@@H](O)[C@H](O)[C@H]7N)[C@H]6N)[C@@H]5O)[C@@H]4OP(=O)(O)O)[C@@H]([C@H](O)CO)O3)[C@@H](OP(=O)(O)O)[C@H](O)[C@H]2N)O[C@@H]1O. The Labute approximate surface area is 757 Å². The molecule has 52 atom stereocenters. The van der Waals surface area contributed by atoms with Crippen LogP contribution in [-0.2, 0) is 127 Å². The van der Waals surface area contributed by atoms with E-state index in [2.05, 4.69) is 0 Å². The Balaban J connectivity index is 1.07. The van der Waals surface area contributed by atoms with Gasteiger partial charge in [-0.15, -0.1) is 0 Å². The van der Waals surface area contributed by atoms with Crippen LogP contribution in [0.15, 0.2) is 0 Å². The van der Waals surface area contributed by atoms with Crippen molar-refractivity contribution < 1.29 is 304 Å². The van der Waals surface area contributed by atoms with Gasteiger partial charge < -0.3 is 290 Å². The second-order valence-corrected chi connectivity index (χ2v) is 36.6. The smallest absolute Gasteiger partial charge is 0.470 e. The van der Waals surface area contributed by atoms with Crippen LogP contribution in [0.1, 0.15) is 12.8 Å². The summed E-state index contributed by atoms with van der Waals surface area (Å²) in [5.74, 6) is -12.8. The second kappa shape index (κ2) is 47.2. The van der Waals surface area contributed by atoms with Gasteiger partial charge in [0.1, 0.15) is 220 Å². The van der Waals surface area contributed by atoms with Crippen molar-refractivity contribution in [3.05, 3.63) is 0 Å². The lowest BCUT2D eigenvalue weighted by Crippen LogP contribution is -2.71. The standard InChI is InChI=1S/C66H117N4O62P3/c67-25-34(89)33(88)23(113-55(25)97)11-111-56-27(69)36(91)46(130-133(102,103)104)24(118-56)12-112-65(63(98)99)2-18(127-66(64(100)101)1-13(79)29(84)43(128-66)15(81)4-72)47(45(129-65)17(83)6-74)122-62-54(132-135(108,109)110)52(53(131-134(105,106)107)44(120-62)16(82)5-73)126-60-41(96)50(40(95)42(119-60)14(80)3-71)124-58-28(70)49(48(22(10-78)117-58)121-59-39(94)37(92)31(86)20(8-76)115-59)123-61-51(38(93)32(87)21(9-77)116-61)125-57-26(68)35(90)30(85)19(7-75)114-57/h13-62,71-97H,1-12,67-70H2,(H,98,99)(H,100,101)(H2,102,103,104)(H2,105,106,107)(H2,108,109,110)/t13-,14+,15-,16+,17-,18-,19-,20-,21-,22-,23-,24-,25-,26-,27-,28-,29-,30-,31-,32-,33-,34-,35-,36-,37-,38+,39-,40-,41+,42-,43-,44-,45-,46-,47-,48+,49-,50+,51-,52+,53-,54+,55+,56-,57+,58-,59-,60-,61+,62-,65-,66-/m1/s1. The molecule has 788 valence electrons. The molecule has 10 rings (SSSR count). The zero-order valence-electron chi connectivity index (χ0n) is 69.7. The van der Waals surface area contributed by atoms with E-state index in [1.807, 2.05) is 0 Å². The van der Waals surface area contributed by atoms with Gasteiger partial charge in [-0.2, -0.15) is 0 Å². The van der Waals surface area contributed by atoms with Crippen LogP contribution in [-0.4, -0.2) is 573 Å². The summed E-state index contributed by atoms with van der Waals surface area (Å²) in [5, 5.41) is 321. The maximum absolute atomic E-state index is 14.3. The van der Waals surface area contributed by atoms with Crippen LogP contribution in [0.4, 0.5) is 0 Å². The Morgan fingerprint density at radius 1 is 0.326 bits per heavy atom. The topological polar surface area (TPSA) is 1100 Å². The van der Waals surface area contributed by atoms with Crippen molar-refractivity contribution in [1.29, 1.82) is 0 Å². The van der Waals surface area contributed by atoms with E-state index in [4.69, 9.17) is 127 Å². The molecule has 0 aliphatic carbocycles. The normalized spacial score (nSPS) is 47.6. The summed E-state index contributed by atoms with van der Waals surface area (Å²) >= 11 is 0. The first-order valence-electron chi connectivity index (χ1n) is 41.0.